The molecule has 0 heterocycles. The number of amides is 1. The van der Waals surface area contributed by atoms with Crippen molar-refractivity contribution in [2.75, 3.05) is 12.8 Å². The van der Waals surface area contributed by atoms with Crippen molar-refractivity contribution in [3.8, 4) is 0 Å². The van der Waals surface area contributed by atoms with Crippen molar-refractivity contribution in [2.24, 2.45) is 0 Å². The zero-order valence-corrected chi connectivity index (χ0v) is 7.51. The van der Waals surface area contributed by atoms with Crippen molar-refractivity contribution in [2.45, 2.75) is 13.8 Å². The summed E-state index contributed by atoms with van der Waals surface area (Å²) in [5.74, 6) is -0.605. The Morgan fingerprint density at radius 3 is 2.27 bits per heavy atom. The molecule has 0 saturated carbocycles. The lowest BCUT2D eigenvalue weighted by atomic mass is 10.7. The molecule has 0 atom stereocenters. The van der Waals surface area contributed by atoms with Crippen LogP contribution in [-0.2, 0) is 19.2 Å². The second-order valence-electron chi connectivity index (χ2n) is 1.94. The maximum atomic E-state index is 10.7. The maximum Gasteiger partial charge on any atom is 0.287 e. The Labute approximate surface area is 66.0 Å². The molecule has 0 fully saturated rings. The average Bonchev–Trinajstić information content (AvgIpc) is 1.87. The molecule has 6 heteroatoms. The molecule has 0 N–H and O–H groups in total. The Bertz CT molecular complexity index is 233. The van der Waals surface area contributed by atoms with E-state index in [4.69, 9.17) is 0 Å². The van der Waals surface area contributed by atoms with E-state index < -0.39 is 16.0 Å². The van der Waals surface area contributed by atoms with Crippen LogP contribution in [0.3, 0.4) is 0 Å². The summed E-state index contributed by atoms with van der Waals surface area (Å²) in [7, 11) is -2.31. The number of carbonyl (C=O) groups excluding carboxylic acids is 1. The molecule has 11 heavy (non-hydrogen) atoms. The smallest absolute Gasteiger partial charge is 0.273 e. The Kier molecular flexibility index (Phi) is 3.47. The Balaban J connectivity index is 4.16. The summed E-state index contributed by atoms with van der Waals surface area (Å²) < 4.78 is 25.7. The largest absolute Gasteiger partial charge is 0.287 e. The predicted octanol–water partition coefficient (Wildman–Crippen LogP) is -0.254. The van der Waals surface area contributed by atoms with Gasteiger partial charge >= 0.3 is 0 Å². The Hall–Kier alpha value is -0.620. The molecule has 0 radical (unpaired) electrons. The highest BCUT2D eigenvalue weighted by molar-refractivity contribution is 7.86. The van der Waals surface area contributed by atoms with Gasteiger partial charge in [-0.05, 0) is 6.92 Å². The molecular formula is C5H11NO4S. The monoisotopic (exact) mass is 181 g/mol. The lowest BCUT2D eigenvalue weighted by Crippen LogP contribution is -2.28. The summed E-state index contributed by atoms with van der Waals surface area (Å²) in [4.78, 5) is 10.5. The van der Waals surface area contributed by atoms with Crippen molar-refractivity contribution in [1.29, 1.82) is 0 Å². The van der Waals surface area contributed by atoms with Crippen LogP contribution in [0.5, 0.6) is 0 Å². The average molecular weight is 181 g/mol. The minimum absolute atomic E-state index is 0.148. The molecule has 1 amide bonds. The molecule has 0 spiro atoms. The van der Waals surface area contributed by atoms with Crippen LogP contribution < -0.4 is 0 Å². The van der Waals surface area contributed by atoms with E-state index in [9.17, 15) is 13.2 Å². The Morgan fingerprint density at radius 2 is 2.00 bits per heavy atom. The highest BCUT2D eigenvalue weighted by atomic mass is 32.2. The van der Waals surface area contributed by atoms with Crippen LogP contribution >= 0.6 is 0 Å². The molecule has 0 aliphatic heterocycles. The summed E-state index contributed by atoms with van der Waals surface area (Å²) in [5.41, 5.74) is 0. The molecule has 0 bridgehead atoms. The molecule has 0 saturated heterocycles. The van der Waals surface area contributed by atoms with E-state index in [2.05, 4.69) is 4.28 Å². The van der Waals surface area contributed by atoms with Crippen molar-refractivity contribution in [3.05, 3.63) is 0 Å². The fourth-order valence-electron chi connectivity index (χ4n) is 0.276. The summed E-state index contributed by atoms with van der Waals surface area (Å²) in [6.45, 7) is 2.65. The maximum absolute atomic E-state index is 10.7. The van der Waals surface area contributed by atoms with E-state index in [-0.39, 0.29) is 5.75 Å². The highest BCUT2D eigenvalue weighted by Gasteiger charge is 2.13. The SMILES string of the molecule is CCS(=O)(=O)ON(C)C(C)=O. The van der Waals surface area contributed by atoms with Gasteiger partial charge in [0.2, 0.25) is 5.91 Å². The van der Waals surface area contributed by atoms with Gasteiger partial charge in [0.05, 0.1) is 5.75 Å². The number of nitrogens with zero attached hydrogens (tertiary/aromatic N) is 1. The second kappa shape index (κ2) is 3.68. The first kappa shape index (κ1) is 10.4. The third-order valence-corrected chi connectivity index (χ3v) is 2.18. The Morgan fingerprint density at radius 1 is 1.55 bits per heavy atom. The van der Waals surface area contributed by atoms with Crippen LogP contribution in [0.25, 0.3) is 0 Å². The van der Waals surface area contributed by atoms with Gasteiger partial charge in [-0.15, -0.1) is 4.28 Å². The molecule has 66 valence electrons. The summed E-state index contributed by atoms with van der Waals surface area (Å²) in [6.07, 6.45) is 0. The van der Waals surface area contributed by atoms with Gasteiger partial charge in [-0.25, -0.2) is 5.06 Å². The van der Waals surface area contributed by atoms with Gasteiger partial charge in [-0.1, -0.05) is 0 Å². The molecular weight excluding hydrogens is 170 g/mol. The van der Waals surface area contributed by atoms with Crippen molar-refractivity contribution in [1.82, 2.24) is 5.06 Å². The van der Waals surface area contributed by atoms with Gasteiger partial charge in [0.25, 0.3) is 10.1 Å². The van der Waals surface area contributed by atoms with Crippen LogP contribution in [0.15, 0.2) is 0 Å². The molecule has 0 aromatic carbocycles. The van der Waals surface area contributed by atoms with Gasteiger partial charge < -0.3 is 0 Å². The first-order chi connectivity index (χ1) is 4.89. The zero-order valence-electron chi connectivity index (χ0n) is 6.70. The van der Waals surface area contributed by atoms with E-state index in [1.165, 1.54) is 20.9 Å². The summed E-state index contributed by atoms with van der Waals surface area (Å²) in [6, 6.07) is 0. The predicted molar refractivity (Wildman–Crippen MR) is 39.0 cm³/mol. The van der Waals surface area contributed by atoms with E-state index in [1.54, 1.807) is 0 Å². The molecule has 5 nitrogen and oxygen atoms in total. The standard InChI is InChI=1S/C5H11NO4S/c1-4-11(8,9)10-6(3)5(2)7/h4H2,1-3H3. The van der Waals surface area contributed by atoms with Gasteiger partial charge in [0.15, 0.2) is 0 Å². The van der Waals surface area contributed by atoms with Crippen LogP contribution in [0, 0.1) is 0 Å². The topological polar surface area (TPSA) is 63.7 Å². The van der Waals surface area contributed by atoms with E-state index in [1.807, 2.05) is 0 Å². The van der Waals surface area contributed by atoms with Crippen LogP contribution in [0.1, 0.15) is 13.8 Å². The molecule has 0 aliphatic rings. The quantitative estimate of drug-likeness (QED) is 0.563. The van der Waals surface area contributed by atoms with Crippen LogP contribution in [0.4, 0.5) is 0 Å². The molecule has 0 rings (SSSR count). The first-order valence-corrected chi connectivity index (χ1v) is 4.63. The van der Waals surface area contributed by atoms with Crippen molar-refractivity contribution in [3.63, 3.8) is 0 Å². The van der Waals surface area contributed by atoms with Crippen LogP contribution in [-0.4, -0.2) is 32.2 Å². The van der Waals surface area contributed by atoms with Crippen molar-refractivity contribution >= 4 is 16.0 Å². The second-order valence-corrected chi connectivity index (χ2v) is 3.78. The van der Waals surface area contributed by atoms with Gasteiger partial charge in [-0.2, -0.15) is 8.42 Å². The van der Waals surface area contributed by atoms with Gasteiger partial charge in [0.1, 0.15) is 0 Å². The summed E-state index contributed by atoms with van der Waals surface area (Å²) >= 11 is 0. The number of hydrogen-bond donors (Lipinski definition) is 0. The number of rotatable bonds is 3. The van der Waals surface area contributed by atoms with Crippen molar-refractivity contribution < 1.29 is 17.5 Å². The lowest BCUT2D eigenvalue weighted by Gasteiger charge is -2.12. The molecule has 0 aliphatic carbocycles. The minimum Gasteiger partial charge on any atom is -0.273 e. The first-order valence-electron chi connectivity index (χ1n) is 3.05. The highest BCUT2D eigenvalue weighted by Crippen LogP contribution is 1.96. The molecule has 0 aromatic heterocycles. The number of carbonyl (C=O) groups is 1. The molecule has 0 aromatic rings. The third-order valence-electron chi connectivity index (χ3n) is 1.02. The number of hydroxylamine groups is 2. The fraction of sp³-hybridized carbons (Fsp3) is 0.800. The third kappa shape index (κ3) is 3.94. The van der Waals surface area contributed by atoms with Gasteiger partial charge in [-0.3, -0.25) is 4.79 Å². The summed E-state index contributed by atoms with van der Waals surface area (Å²) in [5, 5.41) is 0.679. The molecule has 0 unspecified atom stereocenters. The normalized spacial score (nSPS) is 11.2. The van der Waals surface area contributed by atoms with E-state index in [0.717, 1.165) is 0 Å². The number of hydrogen-bond acceptors (Lipinski definition) is 4. The zero-order chi connectivity index (χ0) is 9.07. The van der Waals surface area contributed by atoms with Crippen LogP contribution in [0.2, 0.25) is 0 Å². The van der Waals surface area contributed by atoms with E-state index in [0.29, 0.717) is 5.06 Å². The van der Waals surface area contributed by atoms with Gasteiger partial charge in [0, 0.05) is 14.0 Å². The van der Waals surface area contributed by atoms with E-state index >= 15 is 0 Å². The fourth-order valence-corrected chi connectivity index (χ4v) is 0.827. The lowest BCUT2D eigenvalue weighted by molar-refractivity contribution is -0.149. The minimum atomic E-state index is -3.56.